The van der Waals surface area contributed by atoms with Crippen LogP contribution in [0.4, 0.5) is 5.69 Å². The quantitative estimate of drug-likeness (QED) is 0.639. The maximum absolute atomic E-state index is 12.1. The molecular weight excluding hydrogens is 248 g/mol. The van der Waals surface area contributed by atoms with Gasteiger partial charge in [0, 0.05) is 17.5 Å². The molecule has 0 aliphatic heterocycles. The number of carbonyl (C=O) groups is 1. The van der Waals surface area contributed by atoms with E-state index in [9.17, 15) is 20.0 Å². The zero-order valence-electron chi connectivity index (χ0n) is 10.8. The lowest BCUT2D eigenvalue weighted by Crippen LogP contribution is -2.61. The maximum Gasteiger partial charge on any atom is 0.282 e. The Kier molecular flexibility index (Phi) is 3.28. The number of hydrogen-bond donors (Lipinski definition) is 2. The Hall–Kier alpha value is -1.95. The Morgan fingerprint density at radius 3 is 2.63 bits per heavy atom. The normalized spacial score (nSPS) is 24.4. The first-order chi connectivity index (χ1) is 8.84. The minimum Gasteiger partial charge on any atom is -0.392 e. The molecule has 2 rings (SSSR count). The zero-order chi connectivity index (χ0) is 14.2. The van der Waals surface area contributed by atoms with E-state index in [0.29, 0.717) is 6.42 Å². The van der Waals surface area contributed by atoms with Crippen molar-refractivity contribution in [2.75, 3.05) is 0 Å². The first-order valence-electron chi connectivity index (χ1n) is 6.06. The highest BCUT2D eigenvalue weighted by molar-refractivity contribution is 5.98. The van der Waals surface area contributed by atoms with Gasteiger partial charge in [-0.1, -0.05) is 26.0 Å². The van der Waals surface area contributed by atoms with Gasteiger partial charge in [-0.05, 0) is 12.5 Å². The van der Waals surface area contributed by atoms with Crippen molar-refractivity contribution in [3.05, 3.63) is 39.9 Å². The molecule has 2 unspecified atom stereocenters. The van der Waals surface area contributed by atoms with Crippen LogP contribution in [0.1, 0.15) is 30.6 Å². The lowest BCUT2D eigenvalue weighted by atomic mass is 9.64. The molecule has 1 aromatic rings. The average Bonchev–Trinajstić information content (AvgIpc) is 2.38. The zero-order valence-corrected chi connectivity index (χ0v) is 10.8. The number of rotatable bonds is 3. The maximum atomic E-state index is 12.1. The molecule has 1 amide bonds. The predicted octanol–water partition coefficient (Wildman–Crippen LogP) is 1.48. The summed E-state index contributed by atoms with van der Waals surface area (Å²) in [4.78, 5) is 22.4. The number of nitro groups is 1. The summed E-state index contributed by atoms with van der Waals surface area (Å²) in [7, 11) is 0. The van der Waals surface area contributed by atoms with Gasteiger partial charge >= 0.3 is 0 Å². The molecule has 1 aromatic carbocycles. The van der Waals surface area contributed by atoms with Crippen LogP contribution < -0.4 is 5.32 Å². The van der Waals surface area contributed by atoms with E-state index in [1.54, 1.807) is 6.07 Å². The van der Waals surface area contributed by atoms with E-state index in [-0.39, 0.29) is 17.3 Å². The molecule has 0 radical (unpaired) electrons. The molecular formula is C13H16N2O4. The van der Waals surface area contributed by atoms with Crippen LogP contribution in [0, 0.1) is 15.5 Å². The Balaban J connectivity index is 2.16. The number of nitrogens with one attached hydrogen (secondary N) is 1. The molecule has 1 saturated carbocycles. The number of nitro benzene ring substituents is 1. The number of aliphatic hydroxyl groups excluding tert-OH is 1. The number of carbonyl (C=O) groups excluding carboxylic acids is 1. The smallest absolute Gasteiger partial charge is 0.282 e. The molecule has 102 valence electrons. The number of nitrogens with zero attached hydrogens (tertiary/aromatic N) is 1. The highest BCUT2D eigenvalue weighted by Crippen LogP contribution is 2.40. The first-order valence-corrected chi connectivity index (χ1v) is 6.06. The van der Waals surface area contributed by atoms with Crippen LogP contribution in [0.15, 0.2) is 24.3 Å². The van der Waals surface area contributed by atoms with Crippen molar-refractivity contribution in [1.29, 1.82) is 0 Å². The van der Waals surface area contributed by atoms with Crippen LogP contribution in [0.5, 0.6) is 0 Å². The summed E-state index contributed by atoms with van der Waals surface area (Å²) in [5.41, 5.74) is -0.568. The van der Waals surface area contributed by atoms with Crippen molar-refractivity contribution in [2.24, 2.45) is 5.41 Å². The van der Waals surface area contributed by atoms with Crippen LogP contribution in [0.3, 0.4) is 0 Å². The molecule has 2 N–H and O–H groups in total. The number of amides is 1. The molecule has 1 aliphatic carbocycles. The first kappa shape index (κ1) is 13.5. The summed E-state index contributed by atoms with van der Waals surface area (Å²) >= 11 is 0. The second kappa shape index (κ2) is 4.62. The number of para-hydroxylation sites is 1. The van der Waals surface area contributed by atoms with Crippen molar-refractivity contribution in [3.63, 3.8) is 0 Å². The Bertz CT molecular complexity index is 527. The summed E-state index contributed by atoms with van der Waals surface area (Å²) in [5, 5.41) is 23.2. The fraction of sp³-hybridized carbons (Fsp3) is 0.462. The van der Waals surface area contributed by atoms with Crippen LogP contribution in [-0.2, 0) is 0 Å². The van der Waals surface area contributed by atoms with E-state index in [1.165, 1.54) is 18.2 Å². The van der Waals surface area contributed by atoms with Crippen molar-refractivity contribution in [3.8, 4) is 0 Å². The average molecular weight is 264 g/mol. The second-order valence-corrected chi connectivity index (χ2v) is 5.37. The van der Waals surface area contributed by atoms with Gasteiger partial charge in [-0.25, -0.2) is 0 Å². The molecule has 19 heavy (non-hydrogen) atoms. The van der Waals surface area contributed by atoms with E-state index in [0.717, 1.165) is 0 Å². The molecule has 6 nitrogen and oxygen atoms in total. The van der Waals surface area contributed by atoms with Gasteiger partial charge < -0.3 is 10.4 Å². The van der Waals surface area contributed by atoms with Crippen molar-refractivity contribution >= 4 is 11.6 Å². The largest absolute Gasteiger partial charge is 0.392 e. The monoisotopic (exact) mass is 264 g/mol. The summed E-state index contributed by atoms with van der Waals surface area (Å²) in [6, 6.07) is 5.66. The molecule has 0 bridgehead atoms. The van der Waals surface area contributed by atoms with Crippen molar-refractivity contribution < 1.29 is 14.8 Å². The lowest BCUT2D eigenvalue weighted by molar-refractivity contribution is -0.385. The fourth-order valence-electron chi connectivity index (χ4n) is 2.21. The SMILES string of the molecule is CC1(C)C(O)CC1NC(=O)c1ccccc1[N+](=O)[O-]. The number of hydrogen-bond acceptors (Lipinski definition) is 4. The molecule has 0 heterocycles. The van der Waals surface area contributed by atoms with Gasteiger partial charge in [0.2, 0.25) is 0 Å². The lowest BCUT2D eigenvalue weighted by Gasteiger charge is -2.49. The fourth-order valence-corrected chi connectivity index (χ4v) is 2.21. The molecule has 0 spiro atoms. The van der Waals surface area contributed by atoms with E-state index in [1.807, 2.05) is 13.8 Å². The molecule has 6 heteroatoms. The third-order valence-corrected chi connectivity index (χ3v) is 3.87. The molecule has 0 aromatic heterocycles. The van der Waals surface area contributed by atoms with Crippen LogP contribution in [-0.4, -0.2) is 28.1 Å². The predicted molar refractivity (Wildman–Crippen MR) is 68.8 cm³/mol. The molecule has 1 fully saturated rings. The minimum absolute atomic E-state index is 0.0460. The summed E-state index contributed by atoms with van der Waals surface area (Å²) in [5.74, 6) is -0.475. The van der Waals surface area contributed by atoms with Crippen LogP contribution >= 0.6 is 0 Å². The summed E-state index contributed by atoms with van der Waals surface area (Å²) in [6.45, 7) is 3.71. The third-order valence-electron chi connectivity index (χ3n) is 3.87. The van der Waals surface area contributed by atoms with Crippen molar-refractivity contribution in [1.82, 2.24) is 5.32 Å². The van der Waals surface area contributed by atoms with Gasteiger partial charge in [0.15, 0.2) is 0 Å². The highest BCUT2D eigenvalue weighted by Gasteiger charge is 2.48. The van der Waals surface area contributed by atoms with E-state index in [2.05, 4.69) is 5.32 Å². The minimum atomic E-state index is -0.574. The van der Waals surface area contributed by atoms with Crippen LogP contribution in [0.2, 0.25) is 0 Å². The Labute approximate surface area is 110 Å². The van der Waals surface area contributed by atoms with E-state index in [4.69, 9.17) is 0 Å². The van der Waals surface area contributed by atoms with Gasteiger partial charge in [-0.15, -0.1) is 0 Å². The van der Waals surface area contributed by atoms with E-state index < -0.39 is 22.3 Å². The van der Waals surface area contributed by atoms with Gasteiger partial charge in [-0.2, -0.15) is 0 Å². The topological polar surface area (TPSA) is 92.5 Å². The molecule has 1 aliphatic rings. The summed E-state index contributed by atoms with van der Waals surface area (Å²) in [6.07, 6.45) is 0.0166. The van der Waals surface area contributed by atoms with Gasteiger partial charge in [0.1, 0.15) is 5.56 Å². The van der Waals surface area contributed by atoms with Gasteiger partial charge in [-0.3, -0.25) is 14.9 Å². The summed E-state index contributed by atoms with van der Waals surface area (Å²) < 4.78 is 0. The molecule has 0 saturated heterocycles. The van der Waals surface area contributed by atoms with Crippen LogP contribution in [0.25, 0.3) is 0 Å². The Morgan fingerprint density at radius 1 is 1.47 bits per heavy atom. The van der Waals surface area contributed by atoms with Gasteiger partial charge in [0.05, 0.1) is 11.0 Å². The number of benzene rings is 1. The molecule has 2 atom stereocenters. The van der Waals surface area contributed by atoms with Crippen molar-refractivity contribution in [2.45, 2.75) is 32.4 Å². The van der Waals surface area contributed by atoms with Gasteiger partial charge in [0.25, 0.3) is 11.6 Å². The third kappa shape index (κ3) is 2.31. The highest BCUT2D eigenvalue weighted by atomic mass is 16.6. The Morgan fingerprint density at radius 2 is 2.11 bits per heavy atom. The number of aliphatic hydroxyl groups is 1. The van der Waals surface area contributed by atoms with E-state index >= 15 is 0 Å². The standard InChI is InChI=1S/C13H16N2O4/c1-13(2)10(7-11(13)16)14-12(17)8-5-3-4-6-9(8)15(18)19/h3-6,10-11,16H,7H2,1-2H3,(H,14,17). The second-order valence-electron chi connectivity index (χ2n) is 5.37.